The van der Waals surface area contributed by atoms with Gasteiger partial charge in [0, 0.05) is 21.4 Å². The standard InChI is InChI=1S/C18H15BrN2O2S/c1-10-3-8-15-14(9-10)18(17(23)20-15)21(16(22)11(2)24-18)13-6-4-12(19)5-7-13/h3-9,11H,1-2H3,(H,20,23)/t11-,18-/m0/s1. The summed E-state index contributed by atoms with van der Waals surface area (Å²) in [4.78, 5) is 26.5. The molecule has 0 aromatic heterocycles. The van der Waals surface area contributed by atoms with Gasteiger partial charge in [-0.05, 0) is 44.2 Å². The number of nitrogens with one attached hydrogen (secondary N) is 1. The molecule has 4 rings (SSSR count). The molecule has 1 spiro atoms. The molecule has 2 amide bonds. The summed E-state index contributed by atoms with van der Waals surface area (Å²) in [5.41, 5.74) is 3.43. The smallest absolute Gasteiger partial charge is 0.266 e. The molecular weight excluding hydrogens is 388 g/mol. The van der Waals surface area contributed by atoms with Crippen molar-refractivity contribution in [2.24, 2.45) is 0 Å². The van der Waals surface area contributed by atoms with Crippen molar-refractivity contribution >= 4 is 50.9 Å². The second-order valence-corrected chi connectivity index (χ2v) is 8.51. The number of benzene rings is 2. The Labute approximate surface area is 152 Å². The van der Waals surface area contributed by atoms with Crippen molar-refractivity contribution in [3.63, 3.8) is 0 Å². The van der Waals surface area contributed by atoms with Gasteiger partial charge in [-0.2, -0.15) is 0 Å². The van der Waals surface area contributed by atoms with Crippen molar-refractivity contribution in [1.82, 2.24) is 0 Å². The van der Waals surface area contributed by atoms with E-state index in [0.717, 1.165) is 27.0 Å². The predicted octanol–water partition coefficient (Wildman–Crippen LogP) is 4.03. The molecule has 2 aliphatic heterocycles. The van der Waals surface area contributed by atoms with E-state index in [0.29, 0.717) is 0 Å². The lowest BCUT2D eigenvalue weighted by Crippen LogP contribution is -2.47. The minimum atomic E-state index is -1.04. The van der Waals surface area contributed by atoms with Gasteiger partial charge in [-0.1, -0.05) is 33.6 Å². The van der Waals surface area contributed by atoms with Crippen LogP contribution in [0.2, 0.25) is 0 Å². The topological polar surface area (TPSA) is 49.4 Å². The van der Waals surface area contributed by atoms with Gasteiger partial charge in [0.15, 0.2) is 0 Å². The molecule has 1 saturated heterocycles. The molecule has 2 aromatic rings. The number of amides is 2. The van der Waals surface area contributed by atoms with E-state index in [4.69, 9.17) is 0 Å². The number of halogens is 1. The lowest BCUT2D eigenvalue weighted by molar-refractivity contribution is -0.122. The maximum Gasteiger partial charge on any atom is 0.266 e. The van der Waals surface area contributed by atoms with Crippen LogP contribution in [0.15, 0.2) is 46.9 Å². The van der Waals surface area contributed by atoms with Crippen molar-refractivity contribution in [2.75, 3.05) is 10.2 Å². The Morgan fingerprint density at radius 3 is 2.58 bits per heavy atom. The summed E-state index contributed by atoms with van der Waals surface area (Å²) >= 11 is 4.82. The van der Waals surface area contributed by atoms with Gasteiger partial charge in [-0.3, -0.25) is 14.5 Å². The first-order chi connectivity index (χ1) is 11.4. The minimum Gasteiger partial charge on any atom is -0.323 e. The zero-order valence-electron chi connectivity index (χ0n) is 13.2. The Hall–Kier alpha value is -1.79. The summed E-state index contributed by atoms with van der Waals surface area (Å²) in [7, 11) is 0. The highest BCUT2D eigenvalue weighted by Crippen LogP contribution is 2.56. The van der Waals surface area contributed by atoms with Gasteiger partial charge in [-0.15, -0.1) is 11.8 Å². The SMILES string of the molecule is Cc1ccc2c(c1)[C@]1(S[C@@H](C)C(=O)N1c1ccc(Br)cc1)C(=O)N2. The second kappa shape index (κ2) is 5.36. The molecule has 4 nitrogen and oxygen atoms in total. The molecule has 2 atom stereocenters. The van der Waals surface area contributed by atoms with Crippen LogP contribution >= 0.6 is 27.7 Å². The number of hydrogen-bond donors (Lipinski definition) is 1. The van der Waals surface area contributed by atoms with Gasteiger partial charge in [0.2, 0.25) is 10.8 Å². The van der Waals surface area contributed by atoms with Crippen LogP contribution in [0, 0.1) is 6.92 Å². The van der Waals surface area contributed by atoms with Gasteiger partial charge < -0.3 is 5.32 Å². The molecule has 0 bridgehead atoms. The van der Waals surface area contributed by atoms with Gasteiger partial charge in [0.25, 0.3) is 5.91 Å². The number of nitrogens with zero attached hydrogens (tertiary/aromatic N) is 1. The van der Waals surface area contributed by atoms with Crippen molar-refractivity contribution in [3.05, 3.63) is 58.1 Å². The number of carbonyl (C=O) groups is 2. The van der Waals surface area contributed by atoms with Crippen LogP contribution in [-0.4, -0.2) is 17.1 Å². The fraction of sp³-hybridized carbons (Fsp3) is 0.222. The van der Waals surface area contributed by atoms with E-state index in [1.807, 2.05) is 56.3 Å². The fourth-order valence-corrected chi connectivity index (χ4v) is 5.05. The average Bonchev–Trinajstić information content (AvgIpc) is 2.97. The van der Waals surface area contributed by atoms with Crippen molar-refractivity contribution < 1.29 is 9.59 Å². The molecule has 1 N–H and O–H groups in total. The molecule has 0 unspecified atom stereocenters. The Bertz CT molecular complexity index is 868. The van der Waals surface area contributed by atoms with Crippen LogP contribution in [0.4, 0.5) is 11.4 Å². The first-order valence-corrected chi connectivity index (χ1v) is 9.31. The van der Waals surface area contributed by atoms with Gasteiger partial charge >= 0.3 is 0 Å². The third-order valence-corrected chi connectivity index (χ3v) is 6.42. The van der Waals surface area contributed by atoms with Crippen LogP contribution in [-0.2, 0) is 14.5 Å². The number of aryl methyl sites for hydroxylation is 1. The van der Waals surface area contributed by atoms with E-state index in [1.54, 1.807) is 4.90 Å². The molecule has 24 heavy (non-hydrogen) atoms. The van der Waals surface area contributed by atoms with Crippen LogP contribution in [0.1, 0.15) is 18.1 Å². The predicted molar refractivity (Wildman–Crippen MR) is 100 cm³/mol. The van der Waals surface area contributed by atoms with E-state index in [2.05, 4.69) is 21.2 Å². The summed E-state index contributed by atoms with van der Waals surface area (Å²) in [5.74, 6) is -0.208. The lowest BCUT2D eigenvalue weighted by atomic mass is 10.0. The van der Waals surface area contributed by atoms with Crippen LogP contribution in [0.5, 0.6) is 0 Å². The third kappa shape index (κ3) is 2.06. The first kappa shape index (κ1) is 15.7. The summed E-state index contributed by atoms with van der Waals surface area (Å²) in [6, 6.07) is 13.4. The van der Waals surface area contributed by atoms with E-state index >= 15 is 0 Å². The molecule has 2 aliphatic rings. The van der Waals surface area contributed by atoms with E-state index in [9.17, 15) is 9.59 Å². The average molecular weight is 403 g/mol. The zero-order valence-corrected chi connectivity index (χ0v) is 15.6. The van der Waals surface area contributed by atoms with Gasteiger partial charge in [0.1, 0.15) is 0 Å². The molecule has 2 heterocycles. The van der Waals surface area contributed by atoms with Crippen molar-refractivity contribution in [1.29, 1.82) is 0 Å². The maximum atomic E-state index is 13.0. The van der Waals surface area contributed by atoms with E-state index < -0.39 is 4.87 Å². The molecule has 122 valence electrons. The van der Waals surface area contributed by atoms with Crippen LogP contribution < -0.4 is 10.2 Å². The number of carbonyl (C=O) groups excluding carboxylic acids is 2. The number of fused-ring (bicyclic) bond motifs is 2. The fourth-order valence-electron chi connectivity index (χ4n) is 3.31. The highest BCUT2D eigenvalue weighted by Gasteiger charge is 2.60. The Kier molecular flexibility index (Phi) is 3.51. The second-order valence-electron chi connectivity index (χ2n) is 6.06. The Morgan fingerprint density at radius 2 is 1.88 bits per heavy atom. The highest BCUT2D eigenvalue weighted by atomic mass is 79.9. The molecule has 0 radical (unpaired) electrons. The van der Waals surface area contributed by atoms with Crippen LogP contribution in [0.25, 0.3) is 0 Å². The summed E-state index contributed by atoms with van der Waals surface area (Å²) in [6.07, 6.45) is 0. The Morgan fingerprint density at radius 1 is 1.17 bits per heavy atom. The minimum absolute atomic E-state index is 0.0492. The molecule has 0 aliphatic carbocycles. The van der Waals surface area contributed by atoms with Gasteiger partial charge in [-0.25, -0.2) is 0 Å². The number of thioether (sulfide) groups is 1. The van der Waals surface area contributed by atoms with E-state index in [-0.39, 0.29) is 17.1 Å². The summed E-state index contributed by atoms with van der Waals surface area (Å²) in [6.45, 7) is 3.85. The Balaban J connectivity index is 1.95. The molecular formula is C18H15BrN2O2S. The van der Waals surface area contributed by atoms with Gasteiger partial charge in [0.05, 0.1) is 5.25 Å². The third-order valence-electron chi connectivity index (χ3n) is 4.41. The zero-order chi connectivity index (χ0) is 17.1. The quantitative estimate of drug-likeness (QED) is 0.782. The largest absolute Gasteiger partial charge is 0.323 e. The summed E-state index contributed by atoms with van der Waals surface area (Å²) < 4.78 is 0.930. The number of rotatable bonds is 1. The van der Waals surface area contributed by atoms with Crippen molar-refractivity contribution in [2.45, 2.75) is 24.0 Å². The number of anilines is 2. The number of hydrogen-bond acceptors (Lipinski definition) is 3. The first-order valence-electron chi connectivity index (χ1n) is 7.63. The lowest BCUT2D eigenvalue weighted by Gasteiger charge is -2.32. The van der Waals surface area contributed by atoms with Crippen molar-refractivity contribution in [3.8, 4) is 0 Å². The molecule has 2 aromatic carbocycles. The highest BCUT2D eigenvalue weighted by molar-refractivity contribution is 9.10. The molecule has 6 heteroatoms. The van der Waals surface area contributed by atoms with E-state index in [1.165, 1.54) is 11.8 Å². The molecule has 0 saturated carbocycles. The molecule has 1 fully saturated rings. The van der Waals surface area contributed by atoms with Crippen LogP contribution in [0.3, 0.4) is 0 Å². The normalized spacial score (nSPS) is 25.3. The maximum absolute atomic E-state index is 13.0. The summed E-state index contributed by atoms with van der Waals surface area (Å²) in [5, 5.41) is 2.66. The monoisotopic (exact) mass is 402 g/mol.